The number of nitrogens with one attached hydrogen (secondary N) is 2. The fraction of sp³-hybridized carbons (Fsp3) is 0.583. The van der Waals surface area contributed by atoms with Crippen LogP contribution < -0.4 is 10.0 Å². The summed E-state index contributed by atoms with van der Waals surface area (Å²) < 4.78 is 26.8. The van der Waals surface area contributed by atoms with Crippen molar-refractivity contribution in [1.29, 1.82) is 0 Å². The smallest absolute Gasteiger partial charge is 0.240 e. The third-order valence-electron chi connectivity index (χ3n) is 3.56. The van der Waals surface area contributed by atoms with E-state index in [0.29, 0.717) is 6.54 Å². The number of nitrogens with zero attached hydrogens (tertiary/aromatic N) is 1. The van der Waals surface area contributed by atoms with Gasteiger partial charge >= 0.3 is 0 Å². The van der Waals surface area contributed by atoms with E-state index in [4.69, 9.17) is 0 Å². The predicted octanol–water partition coefficient (Wildman–Crippen LogP) is 0.750. The van der Waals surface area contributed by atoms with E-state index in [2.05, 4.69) is 15.0 Å². The summed E-state index contributed by atoms with van der Waals surface area (Å²) in [6, 6.07) is 3.02. The molecule has 18 heavy (non-hydrogen) atoms. The Kier molecular flexibility index (Phi) is 3.99. The van der Waals surface area contributed by atoms with E-state index < -0.39 is 10.0 Å². The standard InChI is InChI=1S/C12H19N3O2S/c1-13-9-12(5-2-6-12)10-15-18(16,17)11-3-7-14-8-4-11/h3-4,7-8,13,15H,2,5-6,9-10H2,1H3. The van der Waals surface area contributed by atoms with Crippen LogP contribution in [-0.2, 0) is 10.0 Å². The lowest BCUT2D eigenvalue weighted by molar-refractivity contribution is 0.139. The molecule has 1 aromatic rings. The van der Waals surface area contributed by atoms with Crippen LogP contribution in [0.1, 0.15) is 19.3 Å². The van der Waals surface area contributed by atoms with Crippen molar-refractivity contribution in [3.05, 3.63) is 24.5 Å². The SMILES string of the molecule is CNCC1(CNS(=O)(=O)c2ccncc2)CCC1. The molecule has 1 aliphatic rings. The fourth-order valence-electron chi connectivity index (χ4n) is 2.32. The molecular formula is C12H19N3O2S. The molecule has 0 atom stereocenters. The minimum absolute atomic E-state index is 0.0921. The van der Waals surface area contributed by atoms with Crippen molar-refractivity contribution in [3.8, 4) is 0 Å². The van der Waals surface area contributed by atoms with Gasteiger partial charge < -0.3 is 5.32 Å². The maximum absolute atomic E-state index is 12.1. The number of rotatable bonds is 6. The number of aromatic nitrogens is 1. The monoisotopic (exact) mass is 269 g/mol. The second-order valence-electron chi connectivity index (χ2n) is 4.89. The molecular weight excluding hydrogens is 250 g/mol. The molecule has 0 spiro atoms. The summed E-state index contributed by atoms with van der Waals surface area (Å²) in [4.78, 5) is 4.10. The van der Waals surface area contributed by atoms with E-state index in [9.17, 15) is 8.42 Å². The molecule has 0 bridgehead atoms. The number of hydrogen-bond acceptors (Lipinski definition) is 4. The lowest BCUT2D eigenvalue weighted by Crippen LogP contribution is -2.47. The van der Waals surface area contributed by atoms with Crippen molar-refractivity contribution < 1.29 is 8.42 Å². The Morgan fingerprint density at radius 3 is 2.44 bits per heavy atom. The number of sulfonamides is 1. The van der Waals surface area contributed by atoms with Gasteiger partial charge in [0.05, 0.1) is 4.90 Å². The van der Waals surface area contributed by atoms with Gasteiger partial charge in [0.15, 0.2) is 0 Å². The maximum atomic E-state index is 12.1. The van der Waals surface area contributed by atoms with Crippen LogP contribution in [-0.4, -0.2) is 33.5 Å². The molecule has 1 heterocycles. The maximum Gasteiger partial charge on any atom is 0.240 e. The molecule has 0 aliphatic heterocycles. The van der Waals surface area contributed by atoms with E-state index in [1.165, 1.54) is 30.9 Å². The highest BCUT2D eigenvalue weighted by molar-refractivity contribution is 7.89. The Hall–Kier alpha value is -0.980. The zero-order valence-electron chi connectivity index (χ0n) is 10.5. The summed E-state index contributed by atoms with van der Waals surface area (Å²) in [6.45, 7) is 1.35. The lowest BCUT2D eigenvalue weighted by atomic mass is 9.69. The minimum Gasteiger partial charge on any atom is -0.319 e. The Bertz CT molecular complexity index is 483. The Balaban J connectivity index is 2.01. The van der Waals surface area contributed by atoms with Crippen LogP contribution in [0.5, 0.6) is 0 Å². The van der Waals surface area contributed by atoms with Crippen molar-refractivity contribution >= 4 is 10.0 Å². The molecule has 2 rings (SSSR count). The molecule has 1 fully saturated rings. The van der Waals surface area contributed by atoms with Gasteiger partial charge in [-0.05, 0) is 37.4 Å². The predicted molar refractivity (Wildman–Crippen MR) is 69.6 cm³/mol. The lowest BCUT2D eigenvalue weighted by Gasteiger charge is -2.41. The van der Waals surface area contributed by atoms with Crippen LogP contribution in [0.25, 0.3) is 0 Å². The molecule has 1 saturated carbocycles. The Morgan fingerprint density at radius 2 is 1.94 bits per heavy atom. The van der Waals surface area contributed by atoms with Crippen LogP contribution in [0.3, 0.4) is 0 Å². The van der Waals surface area contributed by atoms with Crippen LogP contribution in [0, 0.1) is 5.41 Å². The molecule has 1 aromatic heterocycles. The Morgan fingerprint density at radius 1 is 1.28 bits per heavy atom. The van der Waals surface area contributed by atoms with Crippen molar-refractivity contribution in [2.45, 2.75) is 24.2 Å². The topological polar surface area (TPSA) is 71.1 Å². The van der Waals surface area contributed by atoms with Crippen molar-refractivity contribution in [2.24, 2.45) is 5.41 Å². The van der Waals surface area contributed by atoms with Gasteiger partial charge in [-0.3, -0.25) is 4.98 Å². The van der Waals surface area contributed by atoms with E-state index in [1.807, 2.05) is 7.05 Å². The molecule has 5 nitrogen and oxygen atoms in total. The van der Waals surface area contributed by atoms with Gasteiger partial charge in [0.1, 0.15) is 0 Å². The molecule has 0 amide bonds. The summed E-state index contributed by atoms with van der Waals surface area (Å²) in [5.41, 5.74) is 0.0921. The summed E-state index contributed by atoms with van der Waals surface area (Å²) in [5.74, 6) is 0. The molecule has 0 unspecified atom stereocenters. The highest BCUT2D eigenvalue weighted by Crippen LogP contribution is 2.39. The van der Waals surface area contributed by atoms with Gasteiger partial charge in [-0.2, -0.15) is 0 Å². The van der Waals surface area contributed by atoms with Crippen LogP contribution >= 0.6 is 0 Å². The zero-order chi connectivity index (χ0) is 13.1. The molecule has 100 valence electrons. The van der Waals surface area contributed by atoms with Crippen molar-refractivity contribution in [3.63, 3.8) is 0 Å². The first-order valence-electron chi connectivity index (χ1n) is 6.12. The highest BCUT2D eigenvalue weighted by atomic mass is 32.2. The Labute approximate surface area is 108 Å². The van der Waals surface area contributed by atoms with E-state index >= 15 is 0 Å². The third kappa shape index (κ3) is 2.88. The molecule has 2 N–H and O–H groups in total. The molecule has 1 aliphatic carbocycles. The number of pyridine rings is 1. The molecule has 0 aromatic carbocycles. The van der Waals surface area contributed by atoms with Gasteiger partial charge in [0.2, 0.25) is 10.0 Å². The van der Waals surface area contributed by atoms with Crippen LogP contribution in [0.2, 0.25) is 0 Å². The zero-order valence-corrected chi connectivity index (χ0v) is 11.3. The van der Waals surface area contributed by atoms with Gasteiger partial charge in [-0.1, -0.05) is 6.42 Å². The van der Waals surface area contributed by atoms with Crippen molar-refractivity contribution in [2.75, 3.05) is 20.1 Å². The first-order chi connectivity index (χ1) is 8.58. The van der Waals surface area contributed by atoms with Gasteiger partial charge in [-0.15, -0.1) is 0 Å². The van der Waals surface area contributed by atoms with E-state index in [1.54, 1.807) is 0 Å². The minimum atomic E-state index is -3.41. The quantitative estimate of drug-likeness (QED) is 0.799. The van der Waals surface area contributed by atoms with Gasteiger partial charge in [0.25, 0.3) is 0 Å². The molecule has 0 saturated heterocycles. The van der Waals surface area contributed by atoms with Crippen molar-refractivity contribution in [1.82, 2.24) is 15.0 Å². The molecule has 0 radical (unpaired) electrons. The van der Waals surface area contributed by atoms with E-state index in [-0.39, 0.29) is 10.3 Å². The van der Waals surface area contributed by atoms with Gasteiger partial charge in [0, 0.05) is 25.5 Å². The van der Waals surface area contributed by atoms with Gasteiger partial charge in [-0.25, -0.2) is 13.1 Å². The second-order valence-corrected chi connectivity index (χ2v) is 6.66. The summed E-state index contributed by atoms with van der Waals surface area (Å²) in [5, 5.41) is 3.14. The average Bonchev–Trinajstić information content (AvgIpc) is 2.33. The largest absolute Gasteiger partial charge is 0.319 e. The average molecular weight is 269 g/mol. The first kappa shape index (κ1) is 13.5. The molecule has 6 heteroatoms. The van der Waals surface area contributed by atoms with E-state index in [0.717, 1.165) is 19.4 Å². The fourth-order valence-corrected chi connectivity index (χ4v) is 3.46. The normalized spacial score (nSPS) is 18.3. The highest BCUT2D eigenvalue weighted by Gasteiger charge is 2.37. The van der Waals surface area contributed by atoms with Crippen LogP contribution in [0.4, 0.5) is 0 Å². The number of hydrogen-bond donors (Lipinski definition) is 2. The summed E-state index contributed by atoms with van der Waals surface area (Å²) >= 11 is 0. The summed E-state index contributed by atoms with van der Waals surface area (Å²) in [7, 11) is -1.51. The first-order valence-corrected chi connectivity index (χ1v) is 7.61. The van der Waals surface area contributed by atoms with Crippen LogP contribution in [0.15, 0.2) is 29.4 Å². The third-order valence-corrected chi connectivity index (χ3v) is 4.98. The summed E-state index contributed by atoms with van der Waals surface area (Å²) in [6.07, 6.45) is 6.31. The second kappa shape index (κ2) is 5.34.